The van der Waals surface area contributed by atoms with E-state index in [0.717, 1.165) is 19.5 Å². The molecule has 2 aliphatic rings. The molecule has 0 bridgehead atoms. The molecule has 78 valence electrons. The van der Waals surface area contributed by atoms with Crippen LogP contribution in [0.5, 0.6) is 0 Å². The van der Waals surface area contributed by atoms with Crippen molar-refractivity contribution in [1.82, 2.24) is 5.32 Å². The maximum Gasteiger partial charge on any atom is 0.0662 e. The summed E-state index contributed by atoms with van der Waals surface area (Å²) in [5, 5.41) is 12.0. The van der Waals surface area contributed by atoms with Crippen LogP contribution in [-0.4, -0.2) is 24.3 Å². The van der Waals surface area contributed by atoms with Crippen molar-refractivity contribution in [1.29, 1.82) is 0 Å². The summed E-state index contributed by atoms with van der Waals surface area (Å²) >= 11 is 0. The molecule has 14 heavy (non-hydrogen) atoms. The monoisotopic (exact) mass is 193 g/mol. The lowest BCUT2D eigenvalue weighted by atomic mass is 9.95. The van der Waals surface area contributed by atoms with Crippen molar-refractivity contribution in [2.45, 2.75) is 26.4 Å². The summed E-state index contributed by atoms with van der Waals surface area (Å²) in [5.41, 5.74) is 2.85. The third-order valence-electron chi connectivity index (χ3n) is 2.32. The fourth-order valence-corrected chi connectivity index (χ4v) is 1.12. The van der Waals surface area contributed by atoms with Crippen LogP contribution >= 0.6 is 0 Å². The van der Waals surface area contributed by atoms with E-state index < -0.39 is 0 Å². The van der Waals surface area contributed by atoms with E-state index in [4.69, 9.17) is 5.11 Å². The maximum absolute atomic E-state index is 8.93. The van der Waals surface area contributed by atoms with Crippen molar-refractivity contribution in [3.05, 3.63) is 24.3 Å². The lowest BCUT2D eigenvalue weighted by Gasteiger charge is -2.10. The highest BCUT2D eigenvalue weighted by Crippen LogP contribution is 2.29. The van der Waals surface area contributed by atoms with E-state index in [0.29, 0.717) is 0 Å². The molecule has 0 spiro atoms. The zero-order valence-electron chi connectivity index (χ0n) is 8.96. The summed E-state index contributed by atoms with van der Waals surface area (Å²) in [7, 11) is 0. The van der Waals surface area contributed by atoms with E-state index in [-0.39, 0.29) is 6.10 Å². The number of hydrogen-bond acceptors (Lipinski definition) is 2. The summed E-state index contributed by atoms with van der Waals surface area (Å²) in [5.74, 6) is 0. The van der Waals surface area contributed by atoms with Crippen molar-refractivity contribution in [3.8, 4) is 11.1 Å². The third-order valence-corrected chi connectivity index (χ3v) is 2.32. The Labute approximate surface area is 86.0 Å². The van der Waals surface area contributed by atoms with Gasteiger partial charge in [-0.15, -0.1) is 0 Å². The zero-order valence-corrected chi connectivity index (χ0v) is 8.96. The summed E-state index contributed by atoms with van der Waals surface area (Å²) in [6.07, 6.45) is 0.683. The van der Waals surface area contributed by atoms with Crippen LogP contribution in [0.25, 0.3) is 11.1 Å². The van der Waals surface area contributed by atoms with Crippen LogP contribution in [-0.2, 0) is 0 Å². The molecule has 2 nitrogen and oxygen atoms in total. The second-order valence-electron chi connectivity index (χ2n) is 3.45. The first-order valence-corrected chi connectivity index (χ1v) is 5.27. The molecule has 0 amide bonds. The second-order valence-corrected chi connectivity index (χ2v) is 3.45. The van der Waals surface area contributed by atoms with Crippen LogP contribution in [0.4, 0.5) is 0 Å². The molecule has 1 atom stereocenters. The van der Waals surface area contributed by atoms with Gasteiger partial charge in [-0.3, -0.25) is 0 Å². The number of aliphatic hydroxyl groups is 1. The average molecular weight is 193 g/mol. The fourth-order valence-electron chi connectivity index (χ4n) is 1.12. The number of hydrogen-bond donors (Lipinski definition) is 2. The van der Waals surface area contributed by atoms with Gasteiger partial charge >= 0.3 is 0 Å². The van der Waals surface area contributed by atoms with Gasteiger partial charge in [0, 0.05) is 6.54 Å². The first-order valence-electron chi connectivity index (χ1n) is 5.27. The molecule has 2 N–H and O–H groups in total. The van der Waals surface area contributed by atoms with Crippen LogP contribution in [0.2, 0.25) is 0 Å². The first-order chi connectivity index (χ1) is 6.77. The minimum atomic E-state index is -0.157. The van der Waals surface area contributed by atoms with Crippen LogP contribution < -0.4 is 5.32 Å². The summed E-state index contributed by atoms with van der Waals surface area (Å²) in [6.45, 7) is 5.68. The number of nitrogens with one attached hydrogen (secondary N) is 1. The Morgan fingerprint density at radius 2 is 1.64 bits per heavy atom. The molecule has 0 aliphatic heterocycles. The molecule has 0 heterocycles. The molecular formula is C12H19NO. The Morgan fingerprint density at radius 1 is 1.14 bits per heavy atom. The summed E-state index contributed by atoms with van der Waals surface area (Å²) < 4.78 is 0. The van der Waals surface area contributed by atoms with Crippen LogP contribution in [0, 0.1) is 0 Å². The van der Waals surface area contributed by atoms with Gasteiger partial charge in [0.1, 0.15) is 0 Å². The Balaban J connectivity index is 0.000000143. The Morgan fingerprint density at radius 3 is 1.86 bits per heavy atom. The largest absolute Gasteiger partial charge is 0.392 e. The molecule has 2 aliphatic carbocycles. The minimum Gasteiger partial charge on any atom is -0.392 e. The standard InChI is InChI=1S/C6H15NO.C6H4/c1-3-6(8)5-7-4-2;1-2-6-4-3-5(1)6/h6-8H,3-5H2,1-2H3;1-4H. The molecule has 2 heteroatoms. The Hall–Kier alpha value is -0.860. The van der Waals surface area contributed by atoms with E-state index in [9.17, 15) is 0 Å². The second kappa shape index (κ2) is 5.78. The van der Waals surface area contributed by atoms with E-state index in [1.54, 1.807) is 0 Å². The van der Waals surface area contributed by atoms with Gasteiger partial charge in [0.05, 0.1) is 6.10 Å². The van der Waals surface area contributed by atoms with E-state index in [1.807, 2.05) is 13.8 Å². The third kappa shape index (κ3) is 3.13. The molecule has 1 unspecified atom stereocenters. The van der Waals surface area contributed by atoms with Gasteiger partial charge in [0.15, 0.2) is 0 Å². The quantitative estimate of drug-likeness (QED) is 0.778. The minimum absolute atomic E-state index is 0.157. The molecule has 0 radical (unpaired) electrons. The van der Waals surface area contributed by atoms with Gasteiger partial charge in [-0.2, -0.15) is 0 Å². The molecule has 0 aromatic carbocycles. The normalized spacial score (nSPS) is 12.8. The van der Waals surface area contributed by atoms with Gasteiger partial charge in [-0.25, -0.2) is 0 Å². The van der Waals surface area contributed by atoms with E-state index in [2.05, 4.69) is 29.6 Å². The van der Waals surface area contributed by atoms with Crippen molar-refractivity contribution >= 4 is 0 Å². The van der Waals surface area contributed by atoms with Gasteiger partial charge in [-0.05, 0) is 24.1 Å². The molecule has 2 rings (SSSR count). The predicted molar refractivity (Wildman–Crippen MR) is 60.3 cm³/mol. The highest BCUT2D eigenvalue weighted by molar-refractivity contribution is 5.75. The van der Waals surface area contributed by atoms with Gasteiger partial charge in [0.2, 0.25) is 0 Å². The van der Waals surface area contributed by atoms with Crippen LogP contribution in [0.15, 0.2) is 24.3 Å². The number of benzene rings is 1. The van der Waals surface area contributed by atoms with Crippen LogP contribution in [0.1, 0.15) is 20.3 Å². The highest BCUT2D eigenvalue weighted by atomic mass is 16.3. The van der Waals surface area contributed by atoms with Gasteiger partial charge in [-0.1, -0.05) is 38.1 Å². The average Bonchev–Trinajstić information content (AvgIpc) is 2.20. The number of rotatable bonds is 4. The molecular weight excluding hydrogens is 174 g/mol. The highest BCUT2D eigenvalue weighted by Gasteiger charge is 2.03. The summed E-state index contributed by atoms with van der Waals surface area (Å²) in [6, 6.07) is 8.48. The lowest BCUT2D eigenvalue weighted by Crippen LogP contribution is -2.25. The van der Waals surface area contributed by atoms with Crippen LogP contribution in [0.3, 0.4) is 0 Å². The smallest absolute Gasteiger partial charge is 0.0662 e. The summed E-state index contributed by atoms with van der Waals surface area (Å²) in [4.78, 5) is 0. The predicted octanol–water partition coefficient (Wildman–Crippen LogP) is 2.03. The molecule has 0 aromatic rings. The van der Waals surface area contributed by atoms with Gasteiger partial charge < -0.3 is 10.4 Å². The SMILES string of the molecule is CCNCC(O)CC.c1cc2ccc1-2. The van der Waals surface area contributed by atoms with Crippen molar-refractivity contribution in [3.63, 3.8) is 0 Å². The number of aliphatic hydroxyl groups excluding tert-OH is 1. The molecule has 0 saturated heterocycles. The van der Waals surface area contributed by atoms with Gasteiger partial charge in [0.25, 0.3) is 0 Å². The van der Waals surface area contributed by atoms with Crippen molar-refractivity contribution in [2.75, 3.05) is 13.1 Å². The molecule has 0 aromatic heterocycles. The van der Waals surface area contributed by atoms with E-state index in [1.165, 1.54) is 11.1 Å². The van der Waals surface area contributed by atoms with Crippen molar-refractivity contribution < 1.29 is 5.11 Å². The van der Waals surface area contributed by atoms with E-state index >= 15 is 0 Å². The lowest BCUT2D eigenvalue weighted by molar-refractivity contribution is 0.168. The molecule has 0 fully saturated rings. The maximum atomic E-state index is 8.93. The fraction of sp³-hybridized carbons (Fsp3) is 0.500. The Kier molecular flexibility index (Phi) is 4.63. The van der Waals surface area contributed by atoms with Crippen molar-refractivity contribution in [2.24, 2.45) is 0 Å². The Bertz CT molecular complexity index is 235. The topological polar surface area (TPSA) is 32.3 Å². The number of fused-ring (bicyclic) bond motifs is 1. The first kappa shape index (κ1) is 11.2. The zero-order chi connectivity index (χ0) is 10.4. The molecule has 0 saturated carbocycles. The number of likely N-dealkylation sites (N-methyl/N-ethyl adjacent to an activating group) is 1.